The number of aliphatic carboxylic acids is 1. The smallest absolute Gasteiger partial charge is 0.335 e. The summed E-state index contributed by atoms with van der Waals surface area (Å²) in [7, 11) is 2.17. The van der Waals surface area contributed by atoms with E-state index in [9.17, 15) is 117 Å². The number of ether oxygens (including phenoxy) is 17. The molecule has 550 valence electrons. The Labute approximate surface area is 538 Å². The Kier molecular flexibility index (Phi) is 27.5. The van der Waals surface area contributed by atoms with Gasteiger partial charge in [-0.3, -0.25) is 9.59 Å². The molecule has 39 atom stereocenters. The Bertz CT molecular complexity index is 2430. The van der Waals surface area contributed by atoms with Crippen molar-refractivity contribution in [2.24, 2.45) is 0 Å². The summed E-state index contributed by atoms with van der Waals surface area (Å²) >= 11 is 0. The van der Waals surface area contributed by atoms with Crippen LogP contribution in [-0.2, 0) is 94.9 Å². The second-order valence-corrected chi connectivity index (χ2v) is 23.8. The lowest BCUT2D eigenvalue weighted by Crippen LogP contribution is -2.71. The Balaban J connectivity index is 1.11. The van der Waals surface area contributed by atoms with Crippen molar-refractivity contribution in [3.63, 3.8) is 0 Å². The second-order valence-electron chi connectivity index (χ2n) is 23.8. The topological polar surface area (TPSA) is 637 Å². The minimum atomic E-state index is -2.32. The third-order valence-corrected chi connectivity index (χ3v) is 17.5. The molecule has 0 aliphatic carbocycles. The molecule has 0 unspecified atom stereocenters. The SMILES string of the molecule is CO[C@H]1[C@@H](O)[C@@H](CO)O[C@H](O[C@H]2[C@H](O)[C@H](O[C@H]3[C@H](O)[C@@H](NC(C)=O)[C@H](O[C@@H]4[C@@H](O[C@H]5[C@H](O)[C@@H](CO)O[C@@H](O[C@H]6[C@H](O)[C@@H](O)[C@H](O)O[C@@H]6CO)[C@H]5O[C@@H]5O[C@H](CO)[C@H](O)[C@H]5O)O[C@H](CO)[C@@H](O)[C@@H]4O)O[C@@H]3CO)O[C@@H](C)[C@H]2O[C@@H]2O[C@H](C(=O)O)[C@@H](OC)[C@H](O)[C@H]2O)[C@@H]1NC(C)=O. The molecule has 95 heavy (non-hydrogen) atoms. The Morgan fingerprint density at radius 3 is 1.24 bits per heavy atom. The first-order chi connectivity index (χ1) is 45.0. The number of carboxylic acids is 1. The number of hydrogen-bond donors (Lipinski definition) is 22. The van der Waals surface area contributed by atoms with Crippen LogP contribution in [0.15, 0.2) is 0 Å². The molecule has 0 spiro atoms. The normalized spacial score (nSPS) is 49.8. The number of carbonyl (C=O) groups excluding carboxylic acids is 2. The summed E-state index contributed by atoms with van der Waals surface area (Å²) in [6.45, 7) is -2.90. The van der Waals surface area contributed by atoms with E-state index in [0.717, 1.165) is 28.1 Å². The maximum Gasteiger partial charge on any atom is 0.335 e. The highest BCUT2D eigenvalue weighted by molar-refractivity contribution is 5.74. The molecule has 8 aliphatic rings. The predicted octanol–water partition coefficient (Wildman–Crippen LogP) is -15.1. The van der Waals surface area contributed by atoms with Crippen LogP contribution in [0.1, 0.15) is 20.8 Å². The van der Waals surface area contributed by atoms with Gasteiger partial charge in [0.1, 0.15) is 177 Å². The monoisotopic (exact) mass is 1390 g/mol. The standard InChI is InChI=1S/C53H88N2O40/c1-12-35(88-50-33(74)30(71)39(80-5)43(94-50)45(76)77)41(91-48-22(55-14(3)63)38(79-4)25(66)17(8-58)83-48)34(75)51(81-12)89-36-20(11-61)87-47(21(27(36)68)54-13(2)62)93-42-28(69)23(64)15(6-56)85-52(42)92-40-26(67)18(9-59)86-53(44(40)95-49-32(73)24(65)16(7-57)84-49)90-37-19(10-60)82-46(78)31(72)29(37)70/h12,15-44,46-53,56-61,64-75,78H,6-11H2,1-5H3,(H,54,62)(H,55,63)(H,76,77)/t12-,15+,16+,17+,18+,19+,20+,21+,22+,23+,24-,25-,26+,27+,28-,29+,30+,31+,32+,33+,34-,35+,36+,37+,38+,39-,40-,41-,42-,43-,44-,46+,47-,48+,49-,50+,51-,52+,53-/m0/s1. The van der Waals surface area contributed by atoms with E-state index < -0.39 is 297 Å². The third kappa shape index (κ3) is 16.5. The molecule has 0 saturated carbocycles. The molecule has 42 nitrogen and oxygen atoms in total. The first-order valence-electron chi connectivity index (χ1n) is 30.2. The predicted molar refractivity (Wildman–Crippen MR) is 290 cm³/mol. The van der Waals surface area contributed by atoms with Crippen LogP contribution in [0.2, 0.25) is 0 Å². The molecule has 0 aromatic heterocycles. The summed E-state index contributed by atoms with van der Waals surface area (Å²) in [6, 6.07) is -3.46. The van der Waals surface area contributed by atoms with Gasteiger partial charge in [0.15, 0.2) is 56.4 Å². The van der Waals surface area contributed by atoms with Crippen LogP contribution in [0.4, 0.5) is 0 Å². The van der Waals surface area contributed by atoms with Crippen LogP contribution in [0.25, 0.3) is 0 Å². The van der Waals surface area contributed by atoms with Gasteiger partial charge in [-0.05, 0) is 6.92 Å². The van der Waals surface area contributed by atoms with Crippen molar-refractivity contribution in [2.75, 3.05) is 53.9 Å². The summed E-state index contributed by atoms with van der Waals surface area (Å²) < 4.78 is 99.8. The minimum Gasteiger partial charge on any atom is -0.479 e. The first-order valence-corrected chi connectivity index (χ1v) is 30.2. The number of rotatable bonds is 25. The fourth-order valence-electron chi connectivity index (χ4n) is 12.5. The highest BCUT2D eigenvalue weighted by Gasteiger charge is 2.61. The number of aliphatic hydroxyl groups excluding tert-OH is 19. The van der Waals surface area contributed by atoms with Gasteiger partial charge >= 0.3 is 5.97 Å². The maximum absolute atomic E-state index is 13.1. The van der Waals surface area contributed by atoms with Gasteiger partial charge in [-0.1, -0.05) is 0 Å². The van der Waals surface area contributed by atoms with Crippen LogP contribution >= 0.6 is 0 Å². The number of carbonyl (C=O) groups is 3. The molecule has 22 N–H and O–H groups in total. The van der Waals surface area contributed by atoms with Crippen LogP contribution < -0.4 is 10.6 Å². The molecule has 42 heteroatoms. The van der Waals surface area contributed by atoms with Gasteiger partial charge < -0.3 is 193 Å². The molecule has 0 bridgehead atoms. The van der Waals surface area contributed by atoms with E-state index in [-0.39, 0.29) is 0 Å². The maximum atomic E-state index is 13.1. The quantitative estimate of drug-likeness (QED) is 0.0404. The van der Waals surface area contributed by atoms with Crippen LogP contribution in [-0.4, -0.2) is 413 Å². The molecule has 8 rings (SSSR count). The average molecular weight is 1390 g/mol. The van der Waals surface area contributed by atoms with Gasteiger partial charge in [0.25, 0.3) is 0 Å². The summed E-state index contributed by atoms with van der Waals surface area (Å²) in [5.41, 5.74) is 0. The van der Waals surface area contributed by atoms with E-state index in [1.165, 1.54) is 6.92 Å². The lowest BCUT2D eigenvalue weighted by atomic mass is 9.94. The van der Waals surface area contributed by atoms with Gasteiger partial charge in [-0.2, -0.15) is 0 Å². The van der Waals surface area contributed by atoms with E-state index in [1.807, 2.05) is 0 Å². The summed E-state index contributed by atoms with van der Waals surface area (Å²) in [5.74, 6) is -3.37. The van der Waals surface area contributed by atoms with Crippen LogP contribution in [0.3, 0.4) is 0 Å². The number of methoxy groups -OCH3 is 2. The molecule has 0 aromatic rings. The number of amides is 2. The van der Waals surface area contributed by atoms with Crippen molar-refractivity contribution in [3.05, 3.63) is 0 Å². The summed E-state index contributed by atoms with van der Waals surface area (Å²) in [5, 5.41) is 224. The molecule has 0 aromatic carbocycles. The largest absolute Gasteiger partial charge is 0.479 e. The van der Waals surface area contributed by atoms with Gasteiger partial charge in [0.2, 0.25) is 11.8 Å². The van der Waals surface area contributed by atoms with Gasteiger partial charge in [-0.25, -0.2) is 4.79 Å². The Morgan fingerprint density at radius 2 is 0.684 bits per heavy atom. The van der Waals surface area contributed by atoms with Crippen molar-refractivity contribution in [2.45, 2.75) is 260 Å². The summed E-state index contributed by atoms with van der Waals surface area (Å²) in [4.78, 5) is 38.1. The van der Waals surface area contributed by atoms with Crippen molar-refractivity contribution < 1.29 is 197 Å². The van der Waals surface area contributed by atoms with Crippen molar-refractivity contribution in [1.82, 2.24) is 10.6 Å². The van der Waals surface area contributed by atoms with Crippen molar-refractivity contribution >= 4 is 17.8 Å². The molecule has 0 radical (unpaired) electrons. The number of hydrogen-bond acceptors (Lipinski definition) is 39. The molecule has 8 saturated heterocycles. The number of carboxylic acid groups (broad SMARTS) is 1. The molecule has 8 aliphatic heterocycles. The Hall–Kier alpha value is -3.03. The van der Waals surface area contributed by atoms with Gasteiger partial charge in [0, 0.05) is 28.1 Å². The van der Waals surface area contributed by atoms with E-state index >= 15 is 0 Å². The summed E-state index contributed by atoms with van der Waals surface area (Å²) in [6.07, 6.45) is -72.9. The Morgan fingerprint density at radius 1 is 0.326 bits per heavy atom. The second kappa shape index (κ2) is 33.6. The number of aliphatic hydroxyl groups is 19. The fraction of sp³-hybridized carbons (Fsp3) is 0.943. The van der Waals surface area contributed by atoms with Crippen LogP contribution in [0, 0.1) is 0 Å². The van der Waals surface area contributed by atoms with E-state index in [2.05, 4.69) is 10.6 Å². The average Bonchev–Trinajstić information content (AvgIpc) is 0.816. The minimum absolute atomic E-state index is 0.740. The van der Waals surface area contributed by atoms with Gasteiger partial charge in [0.05, 0.1) is 45.7 Å². The highest BCUT2D eigenvalue weighted by atomic mass is 16.8. The van der Waals surface area contributed by atoms with E-state index in [0.29, 0.717) is 0 Å². The van der Waals surface area contributed by atoms with Crippen molar-refractivity contribution in [3.8, 4) is 0 Å². The third-order valence-electron chi connectivity index (χ3n) is 17.5. The zero-order valence-corrected chi connectivity index (χ0v) is 51.4. The lowest BCUT2D eigenvalue weighted by Gasteiger charge is -2.52. The molecule has 8 heterocycles. The van der Waals surface area contributed by atoms with Crippen LogP contribution in [0.5, 0.6) is 0 Å². The fourth-order valence-corrected chi connectivity index (χ4v) is 12.5. The molecule has 2 amide bonds. The zero-order chi connectivity index (χ0) is 69.9. The van der Waals surface area contributed by atoms with Gasteiger partial charge in [-0.15, -0.1) is 0 Å². The van der Waals surface area contributed by atoms with E-state index in [4.69, 9.17) is 80.5 Å². The lowest BCUT2D eigenvalue weighted by molar-refractivity contribution is -0.406. The zero-order valence-electron chi connectivity index (χ0n) is 51.4. The highest BCUT2D eigenvalue weighted by Crippen LogP contribution is 2.40. The first kappa shape index (κ1) is 77.7. The molecule has 8 fully saturated rings. The van der Waals surface area contributed by atoms with Crippen molar-refractivity contribution in [1.29, 1.82) is 0 Å². The van der Waals surface area contributed by atoms with E-state index in [1.54, 1.807) is 0 Å². The number of nitrogens with one attached hydrogen (secondary N) is 2. The molecular weight excluding hydrogens is 1300 g/mol. The molecular formula is C53H88N2O40.